The van der Waals surface area contributed by atoms with Gasteiger partial charge in [-0.2, -0.15) is 0 Å². The van der Waals surface area contributed by atoms with E-state index in [1.54, 1.807) is 67.6 Å². The number of halogens is 2. The van der Waals surface area contributed by atoms with Crippen LogP contribution in [0.5, 0.6) is 5.75 Å². The van der Waals surface area contributed by atoms with Crippen molar-refractivity contribution in [2.24, 2.45) is 0 Å². The average Bonchev–Trinajstić information content (AvgIpc) is 2.98. The molecule has 1 N–H and O–H groups in total. The van der Waals surface area contributed by atoms with Gasteiger partial charge >= 0.3 is 0 Å². The molecule has 0 bridgehead atoms. The number of unbranched alkanes of at least 4 members (excludes halogenated alkanes) is 1. The molecular weight excluding hydrogens is 585 g/mol. The monoisotopic (exact) mass is 619 g/mol. The van der Waals surface area contributed by atoms with Crippen molar-refractivity contribution in [2.45, 2.75) is 50.6 Å². The SMILES string of the molecule is CCCCNC(=O)C(CC)N(Cc1ccc(Cl)c(Cl)c1)C(=O)CN(c1ccccc1OC)S(=O)(=O)c1ccccc1. The number of carbonyl (C=O) groups excluding carboxylic acids is 2. The number of ether oxygens (including phenoxy) is 1. The zero-order valence-corrected chi connectivity index (χ0v) is 25.7. The first-order chi connectivity index (χ1) is 19.6. The molecule has 3 aromatic carbocycles. The van der Waals surface area contributed by atoms with E-state index in [-0.39, 0.29) is 28.8 Å². The lowest BCUT2D eigenvalue weighted by molar-refractivity contribution is -0.140. The standard InChI is InChI=1S/C30H35Cl2N3O5S/c1-4-6-18-33-30(37)26(5-2)34(20-22-16-17-24(31)25(32)19-22)29(36)21-35(27-14-10-11-15-28(27)40-3)41(38,39)23-12-8-7-9-13-23/h7-17,19,26H,4-6,18,20-21H2,1-3H3,(H,33,37). The minimum Gasteiger partial charge on any atom is -0.495 e. The lowest BCUT2D eigenvalue weighted by Gasteiger charge is -2.33. The predicted octanol–water partition coefficient (Wildman–Crippen LogP) is 5.92. The molecule has 0 saturated heterocycles. The quantitative estimate of drug-likeness (QED) is 0.226. The van der Waals surface area contributed by atoms with E-state index in [1.807, 2.05) is 6.92 Å². The molecule has 220 valence electrons. The van der Waals surface area contributed by atoms with Crippen molar-refractivity contribution in [3.63, 3.8) is 0 Å². The topological polar surface area (TPSA) is 96.0 Å². The molecular formula is C30H35Cl2N3O5S. The van der Waals surface area contributed by atoms with Crippen molar-refractivity contribution in [3.8, 4) is 5.75 Å². The first-order valence-electron chi connectivity index (χ1n) is 13.4. The lowest BCUT2D eigenvalue weighted by atomic mass is 10.1. The summed E-state index contributed by atoms with van der Waals surface area (Å²) in [5.74, 6) is -0.608. The van der Waals surface area contributed by atoms with Crippen molar-refractivity contribution in [3.05, 3.63) is 88.4 Å². The zero-order chi connectivity index (χ0) is 30.0. The van der Waals surface area contributed by atoms with E-state index in [4.69, 9.17) is 27.9 Å². The molecule has 0 aliphatic heterocycles. The summed E-state index contributed by atoms with van der Waals surface area (Å²) in [6.07, 6.45) is 2.00. The summed E-state index contributed by atoms with van der Waals surface area (Å²) in [6, 6.07) is 18.5. The predicted molar refractivity (Wildman–Crippen MR) is 163 cm³/mol. The summed E-state index contributed by atoms with van der Waals surface area (Å²) in [5.41, 5.74) is 0.837. The summed E-state index contributed by atoms with van der Waals surface area (Å²) in [5, 5.41) is 3.56. The zero-order valence-electron chi connectivity index (χ0n) is 23.3. The van der Waals surface area contributed by atoms with Crippen molar-refractivity contribution >= 4 is 50.7 Å². The van der Waals surface area contributed by atoms with Crippen LogP contribution in [0.2, 0.25) is 10.0 Å². The molecule has 0 heterocycles. The molecule has 0 aromatic heterocycles. The average molecular weight is 621 g/mol. The molecule has 0 fully saturated rings. The first-order valence-corrected chi connectivity index (χ1v) is 15.6. The van der Waals surface area contributed by atoms with Crippen LogP contribution in [0.25, 0.3) is 0 Å². The van der Waals surface area contributed by atoms with Crippen LogP contribution in [0.15, 0.2) is 77.7 Å². The number of nitrogens with zero attached hydrogens (tertiary/aromatic N) is 2. The minimum atomic E-state index is -4.20. The Morgan fingerprint density at radius 2 is 1.63 bits per heavy atom. The molecule has 0 aliphatic rings. The summed E-state index contributed by atoms with van der Waals surface area (Å²) in [6.45, 7) is 3.73. The van der Waals surface area contributed by atoms with E-state index >= 15 is 0 Å². The van der Waals surface area contributed by atoms with E-state index in [0.29, 0.717) is 28.6 Å². The molecule has 11 heteroatoms. The fraction of sp³-hybridized carbons (Fsp3) is 0.333. The maximum absolute atomic E-state index is 14.1. The van der Waals surface area contributed by atoms with E-state index in [1.165, 1.54) is 24.1 Å². The van der Waals surface area contributed by atoms with E-state index < -0.39 is 28.5 Å². The highest BCUT2D eigenvalue weighted by Gasteiger charge is 2.34. The Labute approximate surface area is 252 Å². The first kappa shape index (κ1) is 32.2. The summed E-state index contributed by atoms with van der Waals surface area (Å²) in [7, 11) is -2.78. The molecule has 0 spiro atoms. The Bertz CT molecular complexity index is 1440. The molecule has 2 amide bonds. The molecule has 8 nitrogen and oxygen atoms in total. The highest BCUT2D eigenvalue weighted by atomic mass is 35.5. The van der Waals surface area contributed by atoms with Gasteiger partial charge in [0, 0.05) is 13.1 Å². The number of benzene rings is 3. The Hall–Kier alpha value is -3.27. The third-order valence-corrected chi connectivity index (χ3v) is 9.03. The van der Waals surface area contributed by atoms with E-state index in [9.17, 15) is 18.0 Å². The van der Waals surface area contributed by atoms with Crippen LogP contribution in [-0.4, -0.2) is 51.4 Å². The van der Waals surface area contributed by atoms with Gasteiger partial charge in [0.25, 0.3) is 10.0 Å². The van der Waals surface area contributed by atoms with Crippen molar-refractivity contribution < 1.29 is 22.7 Å². The highest BCUT2D eigenvalue weighted by molar-refractivity contribution is 7.92. The van der Waals surface area contributed by atoms with Crippen LogP contribution < -0.4 is 14.4 Å². The van der Waals surface area contributed by atoms with Crippen LogP contribution in [0.3, 0.4) is 0 Å². The second kappa shape index (κ2) is 15.1. The largest absolute Gasteiger partial charge is 0.495 e. The molecule has 3 aromatic rings. The van der Waals surface area contributed by atoms with Crippen LogP contribution >= 0.6 is 23.2 Å². The minimum absolute atomic E-state index is 0.0130. The van der Waals surface area contributed by atoms with Crippen LogP contribution in [0, 0.1) is 0 Å². The Balaban J connectivity index is 2.07. The van der Waals surface area contributed by atoms with Gasteiger partial charge in [-0.3, -0.25) is 13.9 Å². The van der Waals surface area contributed by atoms with E-state index in [0.717, 1.165) is 17.1 Å². The number of nitrogens with one attached hydrogen (secondary N) is 1. The molecule has 3 rings (SSSR count). The van der Waals surface area contributed by atoms with Crippen LogP contribution in [-0.2, 0) is 26.2 Å². The molecule has 1 atom stereocenters. The van der Waals surface area contributed by atoms with Gasteiger partial charge in [-0.1, -0.05) is 79.9 Å². The number of methoxy groups -OCH3 is 1. The number of anilines is 1. The smallest absolute Gasteiger partial charge is 0.264 e. The Morgan fingerprint density at radius 1 is 0.951 bits per heavy atom. The van der Waals surface area contributed by atoms with Gasteiger partial charge in [-0.15, -0.1) is 0 Å². The summed E-state index contributed by atoms with van der Waals surface area (Å²) >= 11 is 12.3. The van der Waals surface area contributed by atoms with Gasteiger partial charge < -0.3 is 15.0 Å². The maximum Gasteiger partial charge on any atom is 0.264 e. The van der Waals surface area contributed by atoms with Gasteiger partial charge in [-0.25, -0.2) is 8.42 Å². The molecule has 0 radical (unpaired) electrons. The molecule has 1 unspecified atom stereocenters. The molecule has 0 saturated carbocycles. The number of sulfonamides is 1. The number of para-hydroxylation sites is 2. The van der Waals surface area contributed by atoms with Gasteiger partial charge in [0.15, 0.2) is 0 Å². The second-order valence-corrected chi connectivity index (χ2v) is 12.0. The van der Waals surface area contributed by atoms with Gasteiger partial charge in [0.2, 0.25) is 11.8 Å². The number of amides is 2. The highest BCUT2D eigenvalue weighted by Crippen LogP contribution is 2.33. The second-order valence-electron chi connectivity index (χ2n) is 9.34. The Kier molecular flexibility index (Phi) is 11.9. The van der Waals surface area contributed by atoms with Gasteiger partial charge in [0.1, 0.15) is 18.3 Å². The van der Waals surface area contributed by atoms with Crippen molar-refractivity contribution in [2.75, 3.05) is 24.5 Å². The normalized spacial score (nSPS) is 11.9. The summed E-state index contributed by atoms with van der Waals surface area (Å²) in [4.78, 5) is 28.8. The van der Waals surface area contributed by atoms with Crippen molar-refractivity contribution in [1.82, 2.24) is 10.2 Å². The number of rotatable bonds is 14. The fourth-order valence-corrected chi connectivity index (χ4v) is 6.10. The third kappa shape index (κ3) is 8.15. The fourth-order valence-electron chi connectivity index (χ4n) is 4.33. The van der Waals surface area contributed by atoms with Gasteiger partial charge in [0.05, 0.1) is 27.7 Å². The van der Waals surface area contributed by atoms with Gasteiger partial charge in [-0.05, 0) is 54.8 Å². The van der Waals surface area contributed by atoms with Crippen molar-refractivity contribution in [1.29, 1.82) is 0 Å². The summed E-state index contributed by atoms with van der Waals surface area (Å²) < 4.78 is 34.4. The lowest BCUT2D eigenvalue weighted by Crippen LogP contribution is -2.52. The molecule has 0 aliphatic carbocycles. The number of hydrogen-bond donors (Lipinski definition) is 1. The molecule has 41 heavy (non-hydrogen) atoms. The number of hydrogen-bond acceptors (Lipinski definition) is 5. The number of carbonyl (C=O) groups is 2. The maximum atomic E-state index is 14.1. The third-order valence-electron chi connectivity index (χ3n) is 6.52. The Morgan fingerprint density at radius 3 is 2.27 bits per heavy atom. The van der Waals surface area contributed by atoms with E-state index in [2.05, 4.69) is 5.32 Å². The van der Waals surface area contributed by atoms with Crippen LogP contribution in [0.1, 0.15) is 38.7 Å². The van der Waals surface area contributed by atoms with Crippen LogP contribution in [0.4, 0.5) is 5.69 Å².